The fraction of sp³-hybridized carbons (Fsp3) is 0.562. The Labute approximate surface area is 129 Å². The van der Waals surface area contributed by atoms with E-state index in [-0.39, 0.29) is 6.04 Å². The Morgan fingerprint density at radius 3 is 2.32 bits per heavy atom. The summed E-state index contributed by atoms with van der Waals surface area (Å²) in [7, 11) is 0. The summed E-state index contributed by atoms with van der Waals surface area (Å²) in [6, 6.07) is 3.09. The number of piperazine rings is 1. The predicted octanol–water partition coefficient (Wildman–Crippen LogP) is 2.51. The van der Waals surface area contributed by atoms with Crippen LogP contribution in [-0.2, 0) is 4.79 Å². The van der Waals surface area contributed by atoms with Gasteiger partial charge < -0.3 is 5.11 Å². The summed E-state index contributed by atoms with van der Waals surface area (Å²) in [4.78, 5) is 15.1. The Morgan fingerprint density at radius 2 is 1.82 bits per heavy atom. The van der Waals surface area contributed by atoms with Crippen molar-refractivity contribution in [1.82, 2.24) is 9.80 Å². The number of nitrogens with zero attached hydrogens (tertiary/aromatic N) is 2. The minimum Gasteiger partial charge on any atom is -0.480 e. The first-order chi connectivity index (χ1) is 10.4. The molecule has 0 saturated carbocycles. The van der Waals surface area contributed by atoms with Crippen LogP contribution < -0.4 is 0 Å². The van der Waals surface area contributed by atoms with E-state index >= 15 is 0 Å². The van der Waals surface area contributed by atoms with Gasteiger partial charge in [-0.15, -0.1) is 0 Å². The van der Waals surface area contributed by atoms with Gasteiger partial charge in [0.1, 0.15) is 17.7 Å². The predicted molar refractivity (Wildman–Crippen MR) is 79.6 cm³/mol. The van der Waals surface area contributed by atoms with Crippen LogP contribution in [0, 0.1) is 11.6 Å². The minimum absolute atomic E-state index is 0.108. The van der Waals surface area contributed by atoms with Crippen molar-refractivity contribution in [1.29, 1.82) is 0 Å². The van der Waals surface area contributed by atoms with E-state index in [9.17, 15) is 13.6 Å². The molecule has 0 bridgehead atoms. The molecule has 122 valence electrons. The maximum atomic E-state index is 14.0. The summed E-state index contributed by atoms with van der Waals surface area (Å²) in [5, 5.41) is 9.06. The highest BCUT2D eigenvalue weighted by Crippen LogP contribution is 2.28. The normalized spacial score (nSPS) is 19.8. The number of carboxylic acid groups (broad SMARTS) is 1. The van der Waals surface area contributed by atoms with Crippen LogP contribution in [0.1, 0.15) is 31.9 Å². The first-order valence-electron chi connectivity index (χ1n) is 7.60. The maximum absolute atomic E-state index is 14.0. The first-order valence-corrected chi connectivity index (χ1v) is 7.60. The molecule has 0 amide bonds. The van der Waals surface area contributed by atoms with Crippen molar-refractivity contribution >= 4 is 5.97 Å². The molecule has 1 aromatic rings. The Kier molecular flexibility index (Phi) is 5.47. The minimum atomic E-state index is -0.829. The molecule has 0 aromatic heterocycles. The van der Waals surface area contributed by atoms with Gasteiger partial charge in [0, 0.05) is 43.9 Å². The maximum Gasteiger partial charge on any atom is 0.320 e. The molecule has 1 fully saturated rings. The van der Waals surface area contributed by atoms with E-state index in [0.717, 1.165) is 12.5 Å². The van der Waals surface area contributed by atoms with Crippen molar-refractivity contribution in [2.45, 2.75) is 32.4 Å². The molecule has 1 aliphatic heterocycles. The second-order valence-electron chi connectivity index (χ2n) is 5.68. The van der Waals surface area contributed by atoms with Gasteiger partial charge in [-0.05, 0) is 19.4 Å². The topological polar surface area (TPSA) is 43.8 Å². The number of benzene rings is 1. The number of hydrogen-bond acceptors (Lipinski definition) is 3. The van der Waals surface area contributed by atoms with Crippen LogP contribution in [-0.4, -0.2) is 53.1 Å². The van der Waals surface area contributed by atoms with Crippen LogP contribution in [0.3, 0.4) is 0 Å². The fourth-order valence-electron chi connectivity index (χ4n) is 3.04. The number of aliphatic carboxylic acids is 1. The molecular formula is C16H22F2N2O2. The van der Waals surface area contributed by atoms with E-state index in [2.05, 4.69) is 4.90 Å². The molecule has 1 aromatic carbocycles. The largest absolute Gasteiger partial charge is 0.480 e. The molecule has 1 aliphatic rings. The van der Waals surface area contributed by atoms with Gasteiger partial charge in [-0.25, -0.2) is 8.78 Å². The fourth-order valence-corrected chi connectivity index (χ4v) is 3.04. The number of hydrogen-bond donors (Lipinski definition) is 1. The lowest BCUT2D eigenvalue weighted by Gasteiger charge is -2.40. The lowest BCUT2D eigenvalue weighted by Crippen LogP contribution is -2.52. The summed E-state index contributed by atoms with van der Waals surface area (Å²) in [6.45, 7) is 6.26. The molecule has 0 unspecified atom stereocenters. The molecule has 0 aliphatic carbocycles. The standard InChI is InChI=1S/C16H22F2N2O2/c1-3-15(13-5-4-12(17)10-14(13)18)20-8-6-19(7-9-20)11(2)16(21)22/h4-5,10-11,15H,3,6-9H2,1-2H3,(H,21,22)/t11-,15+/m0/s1. The third-order valence-corrected chi connectivity index (χ3v) is 4.40. The molecular weight excluding hydrogens is 290 g/mol. The van der Waals surface area contributed by atoms with Crippen molar-refractivity contribution in [3.63, 3.8) is 0 Å². The van der Waals surface area contributed by atoms with E-state index in [1.54, 1.807) is 6.92 Å². The summed E-state index contributed by atoms with van der Waals surface area (Å²) in [5.41, 5.74) is 0.503. The molecule has 0 radical (unpaired) electrons. The molecule has 1 heterocycles. The second-order valence-corrected chi connectivity index (χ2v) is 5.68. The van der Waals surface area contributed by atoms with Crippen LogP contribution in [0.4, 0.5) is 8.78 Å². The Bertz CT molecular complexity index is 531. The zero-order chi connectivity index (χ0) is 16.3. The van der Waals surface area contributed by atoms with Crippen molar-refractivity contribution in [3.05, 3.63) is 35.4 Å². The van der Waals surface area contributed by atoms with E-state index in [4.69, 9.17) is 5.11 Å². The smallest absolute Gasteiger partial charge is 0.320 e. The molecule has 22 heavy (non-hydrogen) atoms. The molecule has 2 atom stereocenters. The van der Waals surface area contributed by atoms with Crippen molar-refractivity contribution in [2.24, 2.45) is 0 Å². The van der Waals surface area contributed by atoms with Crippen LogP contribution in [0.15, 0.2) is 18.2 Å². The van der Waals surface area contributed by atoms with Gasteiger partial charge in [0.15, 0.2) is 0 Å². The van der Waals surface area contributed by atoms with Crippen molar-refractivity contribution < 1.29 is 18.7 Å². The van der Waals surface area contributed by atoms with Crippen LogP contribution in [0.2, 0.25) is 0 Å². The van der Waals surface area contributed by atoms with Crippen LogP contribution in [0.5, 0.6) is 0 Å². The summed E-state index contributed by atoms with van der Waals surface area (Å²) < 4.78 is 27.1. The average molecular weight is 312 g/mol. The Balaban J connectivity index is 2.06. The van der Waals surface area contributed by atoms with E-state index < -0.39 is 23.6 Å². The highest BCUT2D eigenvalue weighted by molar-refractivity contribution is 5.72. The van der Waals surface area contributed by atoms with E-state index in [1.165, 1.54) is 12.1 Å². The van der Waals surface area contributed by atoms with Gasteiger partial charge in [-0.1, -0.05) is 13.0 Å². The van der Waals surface area contributed by atoms with Gasteiger partial charge in [-0.3, -0.25) is 14.6 Å². The third kappa shape index (κ3) is 3.62. The first kappa shape index (κ1) is 16.8. The van der Waals surface area contributed by atoms with Crippen molar-refractivity contribution in [2.75, 3.05) is 26.2 Å². The van der Waals surface area contributed by atoms with Gasteiger partial charge in [-0.2, -0.15) is 0 Å². The van der Waals surface area contributed by atoms with Gasteiger partial charge in [0.25, 0.3) is 0 Å². The van der Waals surface area contributed by atoms with Gasteiger partial charge >= 0.3 is 5.97 Å². The quantitative estimate of drug-likeness (QED) is 0.907. The monoisotopic (exact) mass is 312 g/mol. The molecule has 1 saturated heterocycles. The highest BCUT2D eigenvalue weighted by Gasteiger charge is 2.29. The van der Waals surface area contributed by atoms with Crippen molar-refractivity contribution in [3.8, 4) is 0 Å². The van der Waals surface area contributed by atoms with Gasteiger partial charge in [0.2, 0.25) is 0 Å². The zero-order valence-electron chi connectivity index (χ0n) is 12.9. The van der Waals surface area contributed by atoms with Crippen LogP contribution >= 0.6 is 0 Å². The summed E-state index contributed by atoms with van der Waals surface area (Å²) in [6.07, 6.45) is 0.719. The molecule has 4 nitrogen and oxygen atoms in total. The number of rotatable bonds is 5. The molecule has 6 heteroatoms. The Hall–Kier alpha value is -1.53. The second kappa shape index (κ2) is 7.15. The lowest BCUT2D eigenvalue weighted by molar-refractivity contribution is -0.143. The molecule has 2 rings (SSSR count). The van der Waals surface area contributed by atoms with Crippen LogP contribution in [0.25, 0.3) is 0 Å². The zero-order valence-corrected chi connectivity index (χ0v) is 12.9. The Morgan fingerprint density at radius 1 is 1.23 bits per heavy atom. The molecule has 0 spiro atoms. The van der Waals surface area contributed by atoms with E-state index in [1.807, 2.05) is 11.8 Å². The van der Waals surface area contributed by atoms with E-state index in [0.29, 0.717) is 31.7 Å². The molecule has 1 N–H and O–H groups in total. The number of carbonyl (C=O) groups is 1. The number of carboxylic acids is 1. The summed E-state index contributed by atoms with van der Waals surface area (Å²) >= 11 is 0. The van der Waals surface area contributed by atoms with Gasteiger partial charge in [0.05, 0.1) is 0 Å². The average Bonchev–Trinajstić information content (AvgIpc) is 2.50. The SMILES string of the molecule is CC[C@H](c1ccc(F)cc1F)N1CCN([C@@H](C)C(=O)O)CC1. The summed E-state index contributed by atoms with van der Waals surface area (Å²) in [5.74, 6) is -1.92. The highest BCUT2D eigenvalue weighted by atomic mass is 19.1. The lowest BCUT2D eigenvalue weighted by atomic mass is 10.0. The third-order valence-electron chi connectivity index (χ3n) is 4.40. The number of halogens is 2.